The Morgan fingerprint density at radius 1 is 1.53 bits per heavy atom. The van der Waals surface area contributed by atoms with E-state index in [1.165, 1.54) is 25.2 Å². The highest BCUT2D eigenvalue weighted by molar-refractivity contribution is 5.00. The highest BCUT2D eigenvalue weighted by Gasteiger charge is 2.22. The lowest BCUT2D eigenvalue weighted by Crippen LogP contribution is -2.30. The minimum atomic E-state index is 0.598. The van der Waals surface area contributed by atoms with E-state index in [4.69, 9.17) is 0 Å². The normalized spacial score (nSPS) is 21.5. The molecule has 0 spiro atoms. The van der Waals surface area contributed by atoms with Crippen LogP contribution < -0.4 is 5.32 Å². The molecule has 1 saturated heterocycles. The first-order valence-electron chi connectivity index (χ1n) is 6.57. The van der Waals surface area contributed by atoms with E-state index in [-0.39, 0.29) is 0 Å². The molecule has 1 fully saturated rings. The van der Waals surface area contributed by atoms with Crippen molar-refractivity contribution in [2.24, 2.45) is 13.0 Å². The van der Waals surface area contributed by atoms with Crippen LogP contribution in [-0.2, 0) is 13.6 Å². The van der Waals surface area contributed by atoms with E-state index in [1.54, 1.807) is 0 Å². The van der Waals surface area contributed by atoms with E-state index in [0.29, 0.717) is 6.04 Å². The number of likely N-dealkylation sites (tertiary alicyclic amines) is 1. The van der Waals surface area contributed by atoms with Crippen molar-refractivity contribution in [3.63, 3.8) is 0 Å². The second kappa shape index (κ2) is 5.65. The van der Waals surface area contributed by atoms with E-state index < -0.39 is 0 Å². The maximum absolute atomic E-state index is 4.21. The molecule has 96 valence electrons. The van der Waals surface area contributed by atoms with Gasteiger partial charge in [0, 0.05) is 32.4 Å². The van der Waals surface area contributed by atoms with Crippen LogP contribution in [0.2, 0.25) is 0 Å². The molecular formula is C13H24N4. The summed E-state index contributed by atoms with van der Waals surface area (Å²) in [6, 6.07) is 2.71. The van der Waals surface area contributed by atoms with Gasteiger partial charge in [0.1, 0.15) is 0 Å². The van der Waals surface area contributed by atoms with E-state index in [0.717, 1.165) is 19.0 Å². The van der Waals surface area contributed by atoms with Crippen LogP contribution in [0.15, 0.2) is 12.3 Å². The summed E-state index contributed by atoms with van der Waals surface area (Å²) in [4.78, 5) is 2.53. The third-order valence-corrected chi connectivity index (χ3v) is 3.49. The number of rotatable bonds is 5. The fraction of sp³-hybridized carbons (Fsp3) is 0.769. The average molecular weight is 236 g/mol. The lowest BCUT2D eigenvalue weighted by molar-refractivity contribution is 0.304. The van der Waals surface area contributed by atoms with Crippen molar-refractivity contribution < 1.29 is 0 Å². The van der Waals surface area contributed by atoms with Crippen molar-refractivity contribution in [2.75, 3.05) is 19.6 Å². The number of aryl methyl sites for hydroxylation is 1. The summed E-state index contributed by atoms with van der Waals surface area (Å²) < 4.78 is 1.97. The van der Waals surface area contributed by atoms with Gasteiger partial charge in [-0.15, -0.1) is 0 Å². The number of nitrogens with zero attached hydrogens (tertiary/aromatic N) is 3. The Morgan fingerprint density at radius 2 is 2.35 bits per heavy atom. The summed E-state index contributed by atoms with van der Waals surface area (Å²) in [7, 11) is 2.02. The quantitative estimate of drug-likeness (QED) is 0.835. The number of aromatic nitrogens is 2. The third-order valence-electron chi connectivity index (χ3n) is 3.49. The summed E-state index contributed by atoms with van der Waals surface area (Å²) in [6.45, 7) is 9.04. The maximum atomic E-state index is 4.21. The molecule has 1 aliphatic rings. The van der Waals surface area contributed by atoms with Crippen LogP contribution in [0, 0.1) is 5.92 Å². The van der Waals surface area contributed by atoms with E-state index in [2.05, 4.69) is 35.2 Å². The Bertz CT molecular complexity index is 345. The first kappa shape index (κ1) is 12.6. The van der Waals surface area contributed by atoms with Crippen LogP contribution in [0.25, 0.3) is 0 Å². The zero-order valence-electron chi connectivity index (χ0n) is 11.2. The largest absolute Gasteiger partial charge is 0.314 e. The Hall–Kier alpha value is -0.870. The molecule has 0 radical (unpaired) electrons. The molecule has 1 aromatic rings. The molecule has 1 aliphatic heterocycles. The molecular weight excluding hydrogens is 212 g/mol. The van der Waals surface area contributed by atoms with Crippen molar-refractivity contribution in [3.05, 3.63) is 18.0 Å². The smallest absolute Gasteiger partial charge is 0.0521 e. The van der Waals surface area contributed by atoms with E-state index in [9.17, 15) is 0 Å². The van der Waals surface area contributed by atoms with Crippen molar-refractivity contribution in [3.8, 4) is 0 Å². The molecule has 2 rings (SSSR count). The predicted molar refractivity (Wildman–Crippen MR) is 69.7 cm³/mol. The molecule has 4 nitrogen and oxygen atoms in total. The second-order valence-electron chi connectivity index (χ2n) is 5.40. The lowest BCUT2D eigenvalue weighted by atomic mass is 10.1. The maximum Gasteiger partial charge on any atom is 0.0521 e. The SMILES string of the molecule is CC(C)NCC1CCN(Cc2ccnn2C)C1. The number of nitrogens with one attached hydrogen (secondary N) is 1. The summed E-state index contributed by atoms with van der Waals surface area (Å²) in [5.41, 5.74) is 1.31. The zero-order chi connectivity index (χ0) is 12.3. The molecule has 1 aromatic heterocycles. The van der Waals surface area contributed by atoms with Crippen molar-refractivity contribution >= 4 is 0 Å². The molecule has 17 heavy (non-hydrogen) atoms. The molecule has 0 saturated carbocycles. The van der Waals surface area contributed by atoms with Crippen molar-refractivity contribution in [2.45, 2.75) is 32.9 Å². The van der Waals surface area contributed by atoms with E-state index >= 15 is 0 Å². The number of hydrogen-bond donors (Lipinski definition) is 1. The van der Waals surface area contributed by atoms with E-state index in [1.807, 2.05) is 17.9 Å². The van der Waals surface area contributed by atoms with Gasteiger partial charge in [-0.2, -0.15) is 5.10 Å². The van der Waals surface area contributed by atoms with Crippen LogP contribution in [0.4, 0.5) is 0 Å². The predicted octanol–water partition coefficient (Wildman–Crippen LogP) is 1.24. The van der Waals surface area contributed by atoms with Gasteiger partial charge in [0.15, 0.2) is 0 Å². The Balaban J connectivity index is 1.76. The first-order chi connectivity index (χ1) is 8.15. The fourth-order valence-corrected chi connectivity index (χ4v) is 2.41. The molecule has 1 unspecified atom stereocenters. The highest BCUT2D eigenvalue weighted by Crippen LogP contribution is 2.17. The van der Waals surface area contributed by atoms with Crippen molar-refractivity contribution in [1.82, 2.24) is 20.0 Å². The van der Waals surface area contributed by atoms with Gasteiger partial charge < -0.3 is 5.32 Å². The van der Waals surface area contributed by atoms with Crippen LogP contribution in [0.3, 0.4) is 0 Å². The van der Waals surface area contributed by atoms with Crippen molar-refractivity contribution in [1.29, 1.82) is 0 Å². The average Bonchev–Trinajstić information content (AvgIpc) is 2.87. The number of hydrogen-bond acceptors (Lipinski definition) is 3. The highest BCUT2D eigenvalue weighted by atomic mass is 15.3. The van der Waals surface area contributed by atoms with Crippen LogP contribution >= 0.6 is 0 Å². The minimum absolute atomic E-state index is 0.598. The molecule has 0 amide bonds. The molecule has 4 heteroatoms. The standard InChI is InChI=1S/C13H24N4/c1-11(2)14-8-12-5-7-17(9-12)10-13-4-6-15-16(13)3/h4,6,11-12,14H,5,7-10H2,1-3H3. The Kier molecular flexibility index (Phi) is 4.18. The summed E-state index contributed by atoms with van der Waals surface area (Å²) in [5.74, 6) is 0.811. The van der Waals surface area contributed by atoms with Gasteiger partial charge in [0.2, 0.25) is 0 Å². The molecule has 0 bridgehead atoms. The van der Waals surface area contributed by atoms with Crippen LogP contribution in [-0.4, -0.2) is 40.4 Å². The molecule has 1 N–H and O–H groups in total. The Morgan fingerprint density at radius 3 is 3.00 bits per heavy atom. The fourth-order valence-electron chi connectivity index (χ4n) is 2.41. The first-order valence-corrected chi connectivity index (χ1v) is 6.57. The minimum Gasteiger partial charge on any atom is -0.314 e. The summed E-state index contributed by atoms with van der Waals surface area (Å²) in [6.07, 6.45) is 3.20. The molecule has 0 aliphatic carbocycles. The monoisotopic (exact) mass is 236 g/mol. The molecule has 2 heterocycles. The van der Waals surface area contributed by atoms with Gasteiger partial charge in [-0.05, 0) is 31.5 Å². The second-order valence-corrected chi connectivity index (χ2v) is 5.40. The van der Waals surface area contributed by atoms with Gasteiger partial charge in [-0.25, -0.2) is 0 Å². The van der Waals surface area contributed by atoms with Gasteiger partial charge >= 0.3 is 0 Å². The zero-order valence-corrected chi connectivity index (χ0v) is 11.2. The van der Waals surface area contributed by atoms with Crippen LogP contribution in [0.1, 0.15) is 26.0 Å². The van der Waals surface area contributed by atoms with Gasteiger partial charge in [0.05, 0.1) is 5.69 Å². The molecule has 1 atom stereocenters. The topological polar surface area (TPSA) is 33.1 Å². The Labute approximate surface area is 104 Å². The summed E-state index contributed by atoms with van der Waals surface area (Å²) >= 11 is 0. The summed E-state index contributed by atoms with van der Waals surface area (Å²) in [5, 5.41) is 7.75. The molecule has 0 aromatic carbocycles. The van der Waals surface area contributed by atoms with Gasteiger partial charge in [-0.3, -0.25) is 9.58 Å². The van der Waals surface area contributed by atoms with Gasteiger partial charge in [0.25, 0.3) is 0 Å². The van der Waals surface area contributed by atoms with Crippen LogP contribution in [0.5, 0.6) is 0 Å². The third kappa shape index (κ3) is 3.54. The van der Waals surface area contributed by atoms with Gasteiger partial charge in [-0.1, -0.05) is 13.8 Å². The lowest BCUT2D eigenvalue weighted by Gasteiger charge is -2.17.